The molecule has 2 aliphatic rings. The van der Waals surface area contributed by atoms with Gasteiger partial charge in [0.15, 0.2) is 11.5 Å². The van der Waals surface area contributed by atoms with Crippen LogP contribution in [0.25, 0.3) is 23.0 Å². The minimum Gasteiger partial charge on any atom is -0.378 e. The topological polar surface area (TPSA) is 145 Å². The molecule has 0 bridgehead atoms. The predicted octanol–water partition coefficient (Wildman–Crippen LogP) is 3.19. The van der Waals surface area contributed by atoms with Crippen molar-refractivity contribution in [2.45, 2.75) is 38.6 Å². The molecule has 0 radical (unpaired) electrons. The molecule has 14 nitrogen and oxygen atoms in total. The summed E-state index contributed by atoms with van der Waals surface area (Å²) in [4.78, 5) is 36.8. The Balaban J connectivity index is 1.16. The van der Waals surface area contributed by atoms with Crippen LogP contribution < -0.4 is 15.1 Å². The van der Waals surface area contributed by atoms with E-state index in [0.29, 0.717) is 55.7 Å². The molecule has 236 valence electrons. The normalized spacial score (nSPS) is 15.6. The molecule has 2 fully saturated rings. The lowest BCUT2D eigenvalue weighted by Gasteiger charge is -2.30. The zero-order valence-electron chi connectivity index (χ0n) is 26.0. The molecule has 0 saturated carbocycles. The predicted molar refractivity (Wildman–Crippen MR) is 171 cm³/mol. The Hall–Kier alpha value is -5.24. The summed E-state index contributed by atoms with van der Waals surface area (Å²) in [6.45, 7) is 8.19. The van der Waals surface area contributed by atoms with E-state index in [1.807, 2.05) is 62.4 Å². The molecule has 5 aromatic rings. The van der Waals surface area contributed by atoms with E-state index in [0.717, 1.165) is 37.2 Å². The Labute approximate surface area is 266 Å². The van der Waals surface area contributed by atoms with Crippen molar-refractivity contribution in [1.82, 2.24) is 50.0 Å². The maximum absolute atomic E-state index is 13.7. The molecular weight excluding hydrogens is 584 g/mol. The summed E-state index contributed by atoms with van der Waals surface area (Å²) >= 11 is 0. The molecule has 14 heteroatoms. The number of nitrogens with zero attached hydrogens (tertiary/aromatic N) is 11. The maximum atomic E-state index is 13.7. The highest BCUT2D eigenvalue weighted by Gasteiger charge is 2.30. The standard InChI is InChI=1S/C32H36N12O2/c1-32(2,37-28(45)24-21-25(23-11-5-3-6-12-23)44(39-24)27-13-7-8-14-33-27)26-22-43(40-38-26)31-35-29(41-15-9-4-10-16-41)34-30(36-31)42-17-19-46-20-18-42/h3,5-8,11-14,21-22H,4,9-10,15-20H2,1-2H3,(H,37,45). The molecule has 4 aromatic heterocycles. The van der Waals surface area contributed by atoms with Gasteiger partial charge in [-0.1, -0.05) is 41.6 Å². The summed E-state index contributed by atoms with van der Waals surface area (Å²) in [6.07, 6.45) is 6.85. The Morgan fingerprint density at radius 1 is 0.848 bits per heavy atom. The van der Waals surface area contributed by atoms with Crippen LogP contribution >= 0.6 is 0 Å². The number of nitrogens with one attached hydrogen (secondary N) is 1. The highest BCUT2D eigenvalue weighted by atomic mass is 16.5. The van der Waals surface area contributed by atoms with E-state index in [2.05, 4.69) is 35.5 Å². The maximum Gasteiger partial charge on any atom is 0.272 e. The molecule has 1 N–H and O–H groups in total. The van der Waals surface area contributed by atoms with Crippen molar-refractivity contribution in [2.24, 2.45) is 0 Å². The number of pyridine rings is 1. The van der Waals surface area contributed by atoms with E-state index in [1.54, 1.807) is 27.8 Å². The van der Waals surface area contributed by atoms with Gasteiger partial charge in [-0.3, -0.25) is 4.79 Å². The minimum atomic E-state index is -0.896. The molecule has 46 heavy (non-hydrogen) atoms. The summed E-state index contributed by atoms with van der Waals surface area (Å²) in [5.74, 6) is 1.86. The van der Waals surface area contributed by atoms with Gasteiger partial charge in [0, 0.05) is 37.9 Å². The van der Waals surface area contributed by atoms with Gasteiger partial charge in [-0.2, -0.15) is 24.7 Å². The second-order valence-electron chi connectivity index (χ2n) is 11.9. The molecule has 2 saturated heterocycles. The molecule has 1 aromatic carbocycles. The SMILES string of the molecule is CC(C)(NC(=O)c1cc(-c2ccccc2)n(-c2ccccn2)n1)c1cn(-c2nc(N3CCCCC3)nc(N3CCOCC3)n2)nn1. The molecule has 0 atom stereocenters. The number of ether oxygens (including phenoxy) is 1. The number of carbonyl (C=O) groups is 1. The van der Waals surface area contributed by atoms with Crippen LogP contribution in [0.3, 0.4) is 0 Å². The van der Waals surface area contributed by atoms with Gasteiger partial charge in [-0.15, -0.1) is 5.10 Å². The molecule has 2 aliphatic heterocycles. The van der Waals surface area contributed by atoms with Crippen LogP contribution in [0, 0.1) is 0 Å². The van der Waals surface area contributed by atoms with Crippen molar-refractivity contribution < 1.29 is 9.53 Å². The Morgan fingerprint density at radius 3 is 2.26 bits per heavy atom. The van der Waals surface area contributed by atoms with Crippen LogP contribution in [0.1, 0.15) is 49.3 Å². The quantitative estimate of drug-likeness (QED) is 0.273. The highest BCUT2D eigenvalue weighted by molar-refractivity contribution is 5.94. The van der Waals surface area contributed by atoms with E-state index < -0.39 is 5.54 Å². The number of carbonyl (C=O) groups excluding carboxylic acids is 1. The third kappa shape index (κ3) is 6.15. The smallest absolute Gasteiger partial charge is 0.272 e. The number of piperidine rings is 1. The van der Waals surface area contributed by atoms with Crippen LogP contribution in [0.5, 0.6) is 0 Å². The molecule has 0 unspecified atom stereocenters. The van der Waals surface area contributed by atoms with Gasteiger partial charge in [-0.05, 0) is 51.3 Å². The second kappa shape index (κ2) is 12.6. The van der Waals surface area contributed by atoms with E-state index in [1.165, 1.54) is 6.42 Å². The third-order valence-electron chi connectivity index (χ3n) is 8.18. The number of aromatic nitrogens is 9. The lowest BCUT2D eigenvalue weighted by molar-refractivity contribution is 0.0904. The fraction of sp³-hybridized carbons (Fsp3) is 0.375. The Bertz CT molecular complexity index is 1700. The fourth-order valence-electron chi connectivity index (χ4n) is 5.61. The number of hydrogen-bond donors (Lipinski definition) is 1. The molecule has 6 heterocycles. The summed E-state index contributed by atoms with van der Waals surface area (Å²) in [7, 11) is 0. The van der Waals surface area contributed by atoms with Crippen LogP contribution in [-0.4, -0.2) is 90.0 Å². The van der Waals surface area contributed by atoms with Gasteiger partial charge in [0.05, 0.1) is 30.6 Å². The Morgan fingerprint density at radius 2 is 1.54 bits per heavy atom. The lowest BCUT2D eigenvalue weighted by Crippen LogP contribution is -2.41. The van der Waals surface area contributed by atoms with E-state index in [-0.39, 0.29) is 11.6 Å². The summed E-state index contributed by atoms with van der Waals surface area (Å²) in [5, 5.41) is 16.5. The number of morpholine rings is 1. The van der Waals surface area contributed by atoms with Crippen LogP contribution in [0.2, 0.25) is 0 Å². The van der Waals surface area contributed by atoms with Crippen molar-refractivity contribution in [3.8, 4) is 23.0 Å². The molecule has 0 aliphatic carbocycles. The van der Waals surface area contributed by atoms with Gasteiger partial charge >= 0.3 is 0 Å². The highest BCUT2D eigenvalue weighted by Crippen LogP contribution is 2.26. The average molecular weight is 621 g/mol. The number of benzene rings is 1. The van der Waals surface area contributed by atoms with Gasteiger partial charge < -0.3 is 19.9 Å². The molecule has 1 amide bonds. The summed E-state index contributed by atoms with van der Waals surface area (Å²) in [5.41, 5.74) is 1.57. The average Bonchev–Trinajstić information content (AvgIpc) is 3.79. The Kier molecular flexibility index (Phi) is 8.09. The van der Waals surface area contributed by atoms with Gasteiger partial charge in [-0.25, -0.2) is 9.67 Å². The van der Waals surface area contributed by atoms with Crippen molar-refractivity contribution in [2.75, 3.05) is 49.2 Å². The largest absolute Gasteiger partial charge is 0.378 e. The van der Waals surface area contributed by atoms with E-state index >= 15 is 0 Å². The lowest BCUT2D eigenvalue weighted by atomic mass is 10.0. The molecular formula is C32H36N12O2. The van der Waals surface area contributed by atoms with Gasteiger partial charge in [0.1, 0.15) is 5.69 Å². The first-order chi connectivity index (χ1) is 22.4. The molecule has 0 spiro atoms. The van der Waals surface area contributed by atoms with E-state index in [4.69, 9.17) is 19.7 Å². The van der Waals surface area contributed by atoms with Crippen LogP contribution in [-0.2, 0) is 10.3 Å². The third-order valence-corrected chi connectivity index (χ3v) is 8.18. The van der Waals surface area contributed by atoms with Crippen molar-refractivity contribution in [3.63, 3.8) is 0 Å². The first-order valence-electron chi connectivity index (χ1n) is 15.6. The number of rotatable bonds is 8. The zero-order valence-corrected chi connectivity index (χ0v) is 26.0. The summed E-state index contributed by atoms with van der Waals surface area (Å²) in [6, 6.07) is 17.1. The number of amides is 1. The van der Waals surface area contributed by atoms with Crippen LogP contribution in [0.15, 0.2) is 67.0 Å². The van der Waals surface area contributed by atoms with Crippen molar-refractivity contribution >= 4 is 17.8 Å². The monoisotopic (exact) mass is 620 g/mol. The summed E-state index contributed by atoms with van der Waals surface area (Å²) < 4.78 is 8.77. The fourth-order valence-corrected chi connectivity index (χ4v) is 5.61. The zero-order chi connectivity index (χ0) is 31.5. The molecule has 7 rings (SSSR count). The van der Waals surface area contributed by atoms with Crippen molar-refractivity contribution in [1.29, 1.82) is 0 Å². The first-order valence-corrected chi connectivity index (χ1v) is 15.6. The van der Waals surface area contributed by atoms with Gasteiger partial charge in [0.25, 0.3) is 11.9 Å². The van der Waals surface area contributed by atoms with Crippen molar-refractivity contribution in [3.05, 3.63) is 78.4 Å². The van der Waals surface area contributed by atoms with Gasteiger partial charge in [0.2, 0.25) is 11.9 Å². The number of hydrogen-bond acceptors (Lipinski definition) is 11. The number of anilines is 2. The second-order valence-corrected chi connectivity index (χ2v) is 11.9. The first kappa shape index (κ1) is 29.5. The minimum absolute atomic E-state index is 0.253. The van der Waals surface area contributed by atoms with E-state index in [9.17, 15) is 4.79 Å². The van der Waals surface area contributed by atoms with Crippen LogP contribution in [0.4, 0.5) is 11.9 Å².